The Morgan fingerprint density at radius 3 is 2.80 bits per heavy atom. The number of hydrogen-bond donors (Lipinski definition) is 2. The maximum atomic E-state index is 6.88. The highest BCUT2D eigenvalue weighted by molar-refractivity contribution is 5.76. The molecule has 1 fully saturated rings. The zero-order valence-corrected chi connectivity index (χ0v) is 5.80. The average Bonchev–Trinajstić information content (AvgIpc) is 1.75. The van der Waals surface area contributed by atoms with Crippen molar-refractivity contribution in [3.8, 4) is 0 Å². The number of amidine groups is 1. The molecule has 58 valence electrons. The summed E-state index contributed by atoms with van der Waals surface area (Å²) < 4.78 is 10.1. The summed E-state index contributed by atoms with van der Waals surface area (Å²) in [6.07, 6.45) is 0.774. The van der Waals surface area contributed by atoms with Crippen LogP contribution in [0.2, 0.25) is 0 Å². The summed E-state index contributed by atoms with van der Waals surface area (Å²) in [5, 5.41) is 6.88. The molecule has 1 aliphatic rings. The van der Waals surface area contributed by atoms with Crippen LogP contribution in [0.1, 0.15) is 6.42 Å². The van der Waals surface area contributed by atoms with Gasteiger partial charge in [0.2, 0.25) is 0 Å². The molecule has 10 heavy (non-hydrogen) atoms. The molecule has 0 radical (unpaired) electrons. The van der Waals surface area contributed by atoms with Crippen molar-refractivity contribution in [3.05, 3.63) is 0 Å². The summed E-state index contributed by atoms with van der Waals surface area (Å²) in [6, 6.07) is 0. The molecule has 4 nitrogen and oxygen atoms in total. The van der Waals surface area contributed by atoms with Gasteiger partial charge in [0.05, 0.1) is 25.7 Å². The molecule has 0 saturated carbocycles. The van der Waals surface area contributed by atoms with Crippen molar-refractivity contribution < 1.29 is 9.47 Å². The minimum absolute atomic E-state index is 0.181. The molecular weight excluding hydrogens is 132 g/mol. The quantitative estimate of drug-likeness (QED) is 0.421. The minimum Gasteiger partial charge on any atom is -0.388 e. The van der Waals surface area contributed by atoms with Gasteiger partial charge < -0.3 is 15.2 Å². The summed E-state index contributed by atoms with van der Waals surface area (Å²) in [4.78, 5) is 0. The third kappa shape index (κ3) is 2.33. The Morgan fingerprint density at radius 1 is 1.70 bits per heavy atom. The summed E-state index contributed by atoms with van der Waals surface area (Å²) in [5.74, 6) is 0.181. The summed E-state index contributed by atoms with van der Waals surface area (Å²) >= 11 is 0. The Bertz CT molecular complexity index is 123. The van der Waals surface area contributed by atoms with Crippen LogP contribution in [-0.2, 0) is 9.47 Å². The molecule has 0 aliphatic carbocycles. The molecule has 1 saturated heterocycles. The van der Waals surface area contributed by atoms with Gasteiger partial charge in [-0.05, 0) is 0 Å². The van der Waals surface area contributed by atoms with Crippen molar-refractivity contribution in [2.45, 2.75) is 12.5 Å². The van der Waals surface area contributed by atoms with Gasteiger partial charge >= 0.3 is 0 Å². The zero-order chi connectivity index (χ0) is 7.40. The predicted octanol–water partition coefficient (Wildman–Crippen LogP) is -0.272. The fraction of sp³-hybridized carbons (Fsp3) is 0.833. The van der Waals surface area contributed by atoms with Gasteiger partial charge in [-0.2, -0.15) is 0 Å². The Balaban J connectivity index is 1.89. The van der Waals surface area contributed by atoms with Crippen LogP contribution in [0.15, 0.2) is 0 Å². The van der Waals surface area contributed by atoms with Gasteiger partial charge in [-0.1, -0.05) is 0 Å². The zero-order valence-electron chi connectivity index (χ0n) is 5.80. The van der Waals surface area contributed by atoms with Crippen molar-refractivity contribution in [1.82, 2.24) is 0 Å². The SMILES string of the molecule is N=C(N)CCOC1COC1. The van der Waals surface area contributed by atoms with Crippen LogP contribution in [0.25, 0.3) is 0 Å². The van der Waals surface area contributed by atoms with Crippen LogP contribution in [-0.4, -0.2) is 31.8 Å². The lowest BCUT2D eigenvalue weighted by molar-refractivity contribution is -0.127. The predicted molar refractivity (Wildman–Crippen MR) is 37.1 cm³/mol. The van der Waals surface area contributed by atoms with Crippen LogP contribution in [0.5, 0.6) is 0 Å². The highest BCUT2D eigenvalue weighted by atomic mass is 16.6. The monoisotopic (exact) mass is 144 g/mol. The van der Waals surface area contributed by atoms with Crippen LogP contribution in [0.4, 0.5) is 0 Å². The van der Waals surface area contributed by atoms with Crippen molar-refractivity contribution in [2.75, 3.05) is 19.8 Å². The Morgan fingerprint density at radius 2 is 2.40 bits per heavy atom. The first-order valence-corrected chi connectivity index (χ1v) is 3.31. The molecule has 1 heterocycles. The van der Waals surface area contributed by atoms with E-state index in [-0.39, 0.29) is 11.9 Å². The molecule has 0 amide bonds. The third-order valence-corrected chi connectivity index (χ3v) is 1.33. The van der Waals surface area contributed by atoms with Gasteiger partial charge in [-0.25, -0.2) is 0 Å². The molecule has 0 unspecified atom stereocenters. The van der Waals surface area contributed by atoms with E-state index in [1.54, 1.807) is 0 Å². The lowest BCUT2D eigenvalue weighted by Gasteiger charge is -2.25. The second kappa shape index (κ2) is 3.53. The topological polar surface area (TPSA) is 68.3 Å². The largest absolute Gasteiger partial charge is 0.388 e. The lowest BCUT2D eigenvalue weighted by Crippen LogP contribution is -2.36. The van der Waals surface area contributed by atoms with E-state index < -0.39 is 0 Å². The van der Waals surface area contributed by atoms with Gasteiger partial charge in [0.25, 0.3) is 0 Å². The second-order valence-electron chi connectivity index (χ2n) is 2.31. The van der Waals surface area contributed by atoms with E-state index >= 15 is 0 Å². The lowest BCUT2D eigenvalue weighted by atomic mass is 10.3. The van der Waals surface area contributed by atoms with Gasteiger partial charge in [0.1, 0.15) is 6.10 Å². The average molecular weight is 144 g/mol. The minimum atomic E-state index is 0.181. The fourth-order valence-corrected chi connectivity index (χ4v) is 0.646. The van der Waals surface area contributed by atoms with E-state index in [4.69, 9.17) is 20.6 Å². The molecule has 0 aromatic carbocycles. The summed E-state index contributed by atoms with van der Waals surface area (Å²) in [5.41, 5.74) is 5.11. The Hall–Kier alpha value is -0.610. The van der Waals surface area contributed by atoms with E-state index in [0.29, 0.717) is 26.2 Å². The molecule has 0 aromatic heterocycles. The highest BCUT2D eigenvalue weighted by Gasteiger charge is 2.17. The molecular formula is C6H12N2O2. The first-order chi connectivity index (χ1) is 4.79. The normalized spacial score (nSPS) is 18.4. The molecule has 0 aromatic rings. The van der Waals surface area contributed by atoms with Crippen LogP contribution < -0.4 is 5.73 Å². The fourth-order valence-electron chi connectivity index (χ4n) is 0.646. The van der Waals surface area contributed by atoms with Crippen LogP contribution >= 0.6 is 0 Å². The second-order valence-corrected chi connectivity index (χ2v) is 2.31. The highest BCUT2D eigenvalue weighted by Crippen LogP contribution is 2.04. The molecule has 0 atom stereocenters. The molecule has 3 N–H and O–H groups in total. The molecule has 0 bridgehead atoms. The number of hydrogen-bond acceptors (Lipinski definition) is 3. The molecule has 1 rings (SSSR count). The van der Waals surface area contributed by atoms with Gasteiger partial charge in [0, 0.05) is 6.42 Å². The maximum Gasteiger partial charge on any atom is 0.104 e. The van der Waals surface area contributed by atoms with Crippen molar-refractivity contribution in [1.29, 1.82) is 5.41 Å². The van der Waals surface area contributed by atoms with Crippen LogP contribution in [0.3, 0.4) is 0 Å². The molecule has 4 heteroatoms. The van der Waals surface area contributed by atoms with Crippen LogP contribution in [0, 0.1) is 5.41 Å². The maximum absolute atomic E-state index is 6.88. The summed E-state index contributed by atoms with van der Waals surface area (Å²) in [7, 11) is 0. The van der Waals surface area contributed by atoms with Crippen molar-refractivity contribution >= 4 is 5.84 Å². The van der Waals surface area contributed by atoms with E-state index in [2.05, 4.69) is 0 Å². The standard InChI is InChI=1S/C6H12N2O2/c7-6(8)1-2-10-5-3-9-4-5/h5H,1-4H2,(H3,7,8). The number of nitrogens with two attached hydrogens (primary N) is 1. The smallest absolute Gasteiger partial charge is 0.104 e. The Labute approximate surface area is 59.8 Å². The van der Waals surface area contributed by atoms with Crippen molar-refractivity contribution in [2.24, 2.45) is 5.73 Å². The van der Waals surface area contributed by atoms with Crippen molar-refractivity contribution in [3.63, 3.8) is 0 Å². The molecule has 1 aliphatic heterocycles. The Kier molecular flexibility index (Phi) is 2.65. The number of nitrogens with one attached hydrogen (secondary N) is 1. The first kappa shape index (κ1) is 7.50. The van der Waals surface area contributed by atoms with Gasteiger partial charge in [-0.3, -0.25) is 5.41 Å². The van der Waals surface area contributed by atoms with E-state index in [9.17, 15) is 0 Å². The van der Waals surface area contributed by atoms with E-state index in [1.807, 2.05) is 0 Å². The summed E-state index contributed by atoms with van der Waals surface area (Å²) in [6.45, 7) is 1.93. The van der Waals surface area contributed by atoms with Gasteiger partial charge in [-0.15, -0.1) is 0 Å². The first-order valence-electron chi connectivity index (χ1n) is 3.31. The van der Waals surface area contributed by atoms with E-state index in [1.165, 1.54) is 0 Å². The molecule has 0 spiro atoms. The number of rotatable bonds is 4. The third-order valence-electron chi connectivity index (χ3n) is 1.33. The van der Waals surface area contributed by atoms with E-state index in [0.717, 1.165) is 0 Å². The number of ether oxygens (including phenoxy) is 2. The van der Waals surface area contributed by atoms with Gasteiger partial charge in [0.15, 0.2) is 0 Å².